The molecule has 0 atom stereocenters. The van der Waals surface area contributed by atoms with Crippen LogP contribution in [0.3, 0.4) is 0 Å². The standard InChI is InChI=1S/C16H24N2O3/c1-3-9-16(21,10-4-2)11-14(19)18-13-7-5-12(6-8-13)15(17)20/h5-8,21H,3-4,9-11H2,1-2H3,(H2,17,20)(H,18,19). The highest BCUT2D eigenvalue weighted by Gasteiger charge is 2.28. The number of nitrogens with two attached hydrogens (primary N) is 1. The fourth-order valence-electron chi connectivity index (χ4n) is 2.45. The fraction of sp³-hybridized carbons (Fsp3) is 0.500. The van der Waals surface area contributed by atoms with E-state index in [1.165, 1.54) is 0 Å². The van der Waals surface area contributed by atoms with Gasteiger partial charge in [0.2, 0.25) is 11.8 Å². The predicted octanol–water partition coefficient (Wildman–Crippen LogP) is 2.45. The van der Waals surface area contributed by atoms with E-state index in [1.807, 2.05) is 13.8 Å². The monoisotopic (exact) mass is 292 g/mol. The average molecular weight is 292 g/mol. The molecule has 1 aromatic rings. The van der Waals surface area contributed by atoms with Crippen molar-refractivity contribution in [1.29, 1.82) is 0 Å². The topological polar surface area (TPSA) is 92.4 Å². The molecule has 116 valence electrons. The highest BCUT2D eigenvalue weighted by atomic mass is 16.3. The molecule has 0 unspecified atom stereocenters. The minimum atomic E-state index is -0.944. The molecule has 21 heavy (non-hydrogen) atoms. The third kappa shape index (κ3) is 5.55. The molecule has 0 aliphatic heterocycles. The highest BCUT2D eigenvalue weighted by molar-refractivity contribution is 5.95. The van der Waals surface area contributed by atoms with Gasteiger partial charge in [0.05, 0.1) is 12.0 Å². The van der Waals surface area contributed by atoms with Crippen LogP contribution in [0.1, 0.15) is 56.3 Å². The predicted molar refractivity (Wildman–Crippen MR) is 83.0 cm³/mol. The second-order valence-corrected chi connectivity index (χ2v) is 5.39. The van der Waals surface area contributed by atoms with Crippen LogP contribution in [0.25, 0.3) is 0 Å². The summed E-state index contributed by atoms with van der Waals surface area (Å²) in [5.41, 5.74) is 5.19. The molecular weight excluding hydrogens is 268 g/mol. The summed E-state index contributed by atoms with van der Waals surface area (Å²) in [6.45, 7) is 3.97. The van der Waals surface area contributed by atoms with Gasteiger partial charge in [-0.2, -0.15) is 0 Å². The van der Waals surface area contributed by atoms with Crippen molar-refractivity contribution < 1.29 is 14.7 Å². The summed E-state index contributed by atoms with van der Waals surface area (Å²) in [6, 6.07) is 6.36. The molecule has 0 heterocycles. The molecule has 0 fully saturated rings. The molecule has 0 aromatic heterocycles. The Morgan fingerprint density at radius 2 is 1.67 bits per heavy atom. The summed E-state index contributed by atoms with van der Waals surface area (Å²) < 4.78 is 0. The van der Waals surface area contributed by atoms with Crippen molar-refractivity contribution in [3.05, 3.63) is 29.8 Å². The summed E-state index contributed by atoms with van der Waals surface area (Å²) in [5, 5.41) is 13.2. The second-order valence-electron chi connectivity index (χ2n) is 5.39. The van der Waals surface area contributed by atoms with Gasteiger partial charge >= 0.3 is 0 Å². The number of carbonyl (C=O) groups is 2. The van der Waals surface area contributed by atoms with Gasteiger partial charge in [0.15, 0.2) is 0 Å². The van der Waals surface area contributed by atoms with E-state index in [-0.39, 0.29) is 12.3 Å². The Bertz CT molecular complexity index is 477. The lowest BCUT2D eigenvalue weighted by molar-refractivity contribution is -0.121. The van der Waals surface area contributed by atoms with Crippen LogP contribution in [-0.4, -0.2) is 22.5 Å². The van der Waals surface area contributed by atoms with Gasteiger partial charge in [0.25, 0.3) is 0 Å². The van der Waals surface area contributed by atoms with E-state index in [2.05, 4.69) is 5.32 Å². The first-order chi connectivity index (χ1) is 9.90. The number of hydrogen-bond donors (Lipinski definition) is 3. The summed E-state index contributed by atoms with van der Waals surface area (Å²) in [5.74, 6) is -0.737. The SMILES string of the molecule is CCCC(O)(CCC)CC(=O)Nc1ccc(C(N)=O)cc1. The molecule has 5 nitrogen and oxygen atoms in total. The minimum Gasteiger partial charge on any atom is -0.389 e. The third-order valence-electron chi connectivity index (χ3n) is 3.37. The molecule has 0 aliphatic carbocycles. The number of carbonyl (C=O) groups excluding carboxylic acids is 2. The molecule has 5 heteroatoms. The lowest BCUT2D eigenvalue weighted by atomic mass is 9.89. The Kier molecular flexibility index (Phi) is 6.37. The molecule has 0 bridgehead atoms. The summed E-state index contributed by atoms with van der Waals surface area (Å²) in [4.78, 5) is 23.0. The molecule has 0 saturated heterocycles. The number of benzene rings is 1. The summed E-state index contributed by atoms with van der Waals surface area (Å²) >= 11 is 0. The lowest BCUT2D eigenvalue weighted by Crippen LogP contribution is -2.33. The zero-order valence-corrected chi connectivity index (χ0v) is 12.7. The number of primary amides is 1. The largest absolute Gasteiger partial charge is 0.389 e. The molecule has 0 saturated carbocycles. The van der Waals surface area contributed by atoms with Gasteiger partial charge < -0.3 is 16.2 Å². The first-order valence-corrected chi connectivity index (χ1v) is 7.32. The van der Waals surface area contributed by atoms with E-state index in [0.29, 0.717) is 24.1 Å². The van der Waals surface area contributed by atoms with Gasteiger partial charge in [-0.15, -0.1) is 0 Å². The van der Waals surface area contributed by atoms with Crippen LogP contribution in [0.5, 0.6) is 0 Å². The van der Waals surface area contributed by atoms with Crippen LogP contribution in [0.4, 0.5) is 5.69 Å². The quantitative estimate of drug-likeness (QED) is 0.687. The van der Waals surface area contributed by atoms with Gasteiger partial charge in [-0.1, -0.05) is 26.7 Å². The van der Waals surface area contributed by atoms with Crippen LogP contribution in [-0.2, 0) is 4.79 Å². The second kappa shape index (κ2) is 7.78. The minimum absolute atomic E-state index is 0.0756. The zero-order chi connectivity index (χ0) is 15.9. The van der Waals surface area contributed by atoms with Gasteiger partial charge in [-0.05, 0) is 37.1 Å². The van der Waals surface area contributed by atoms with Crippen molar-refractivity contribution in [3.8, 4) is 0 Å². The van der Waals surface area contributed by atoms with E-state index < -0.39 is 11.5 Å². The third-order valence-corrected chi connectivity index (χ3v) is 3.37. The Morgan fingerprint density at radius 3 is 2.10 bits per heavy atom. The van der Waals surface area contributed by atoms with E-state index in [1.54, 1.807) is 24.3 Å². The molecule has 2 amide bonds. The van der Waals surface area contributed by atoms with E-state index in [0.717, 1.165) is 12.8 Å². The smallest absolute Gasteiger partial charge is 0.248 e. The Balaban J connectivity index is 2.65. The summed E-state index contributed by atoms with van der Waals surface area (Å²) in [7, 11) is 0. The zero-order valence-electron chi connectivity index (χ0n) is 12.7. The first-order valence-electron chi connectivity index (χ1n) is 7.32. The van der Waals surface area contributed by atoms with E-state index in [4.69, 9.17) is 5.73 Å². The van der Waals surface area contributed by atoms with Gasteiger partial charge in [0.1, 0.15) is 0 Å². The number of rotatable bonds is 8. The fourth-order valence-corrected chi connectivity index (χ4v) is 2.45. The van der Waals surface area contributed by atoms with Crippen molar-refractivity contribution >= 4 is 17.5 Å². The van der Waals surface area contributed by atoms with Crippen molar-refractivity contribution in [3.63, 3.8) is 0 Å². The Labute approximate surface area is 125 Å². The van der Waals surface area contributed by atoms with Gasteiger partial charge in [-0.3, -0.25) is 9.59 Å². The number of aliphatic hydroxyl groups is 1. The van der Waals surface area contributed by atoms with Crippen molar-refractivity contribution in [1.82, 2.24) is 0 Å². The molecule has 0 spiro atoms. The van der Waals surface area contributed by atoms with Crippen molar-refractivity contribution in [2.24, 2.45) is 5.73 Å². The Morgan fingerprint density at radius 1 is 1.14 bits per heavy atom. The molecule has 0 aliphatic rings. The Hall–Kier alpha value is -1.88. The van der Waals surface area contributed by atoms with E-state index in [9.17, 15) is 14.7 Å². The molecule has 0 radical (unpaired) electrons. The number of hydrogen-bond acceptors (Lipinski definition) is 3. The normalized spacial score (nSPS) is 11.2. The molecule has 1 aromatic carbocycles. The molecule has 4 N–H and O–H groups in total. The number of amides is 2. The van der Waals surface area contributed by atoms with Crippen LogP contribution >= 0.6 is 0 Å². The average Bonchev–Trinajstić information content (AvgIpc) is 2.39. The van der Waals surface area contributed by atoms with Crippen LogP contribution in [0.15, 0.2) is 24.3 Å². The first kappa shape index (κ1) is 17.2. The van der Waals surface area contributed by atoms with Gasteiger partial charge in [-0.25, -0.2) is 0 Å². The summed E-state index contributed by atoms with van der Waals surface area (Å²) in [6.07, 6.45) is 2.95. The molecule has 1 rings (SSSR count). The van der Waals surface area contributed by atoms with Crippen molar-refractivity contribution in [2.45, 2.75) is 51.6 Å². The van der Waals surface area contributed by atoms with Crippen LogP contribution < -0.4 is 11.1 Å². The number of nitrogens with one attached hydrogen (secondary N) is 1. The maximum atomic E-state index is 12.0. The number of anilines is 1. The maximum absolute atomic E-state index is 12.0. The van der Waals surface area contributed by atoms with Crippen LogP contribution in [0, 0.1) is 0 Å². The van der Waals surface area contributed by atoms with Crippen molar-refractivity contribution in [2.75, 3.05) is 5.32 Å². The van der Waals surface area contributed by atoms with Gasteiger partial charge in [0, 0.05) is 11.3 Å². The highest BCUT2D eigenvalue weighted by Crippen LogP contribution is 2.24. The maximum Gasteiger partial charge on any atom is 0.248 e. The molecular formula is C16H24N2O3. The lowest BCUT2D eigenvalue weighted by Gasteiger charge is -2.26. The van der Waals surface area contributed by atoms with Crippen LogP contribution in [0.2, 0.25) is 0 Å². The van der Waals surface area contributed by atoms with E-state index >= 15 is 0 Å².